The van der Waals surface area contributed by atoms with Crippen LogP contribution in [0.5, 0.6) is 0 Å². The lowest BCUT2D eigenvalue weighted by Gasteiger charge is -2.25. The lowest BCUT2D eigenvalue weighted by atomic mass is 10.1. The standard InChI is InChI=1S/C17H24N6O/c1-3-9-18-17(19-10-8-14-6-5-12-24-14)21-15-7-4-11-23-16(15)20-13(2)22-23/h3,5-6,12,15H,1,4,7-11H2,2H3,(H2,18,19,21). The van der Waals surface area contributed by atoms with E-state index >= 15 is 0 Å². The fraction of sp³-hybridized carbons (Fsp3) is 0.471. The Morgan fingerprint density at radius 2 is 2.50 bits per heavy atom. The summed E-state index contributed by atoms with van der Waals surface area (Å²) in [6, 6.07) is 3.98. The number of furan rings is 1. The minimum Gasteiger partial charge on any atom is -0.469 e. The van der Waals surface area contributed by atoms with Gasteiger partial charge in [-0.3, -0.25) is 4.99 Å². The largest absolute Gasteiger partial charge is 0.469 e. The number of aryl methyl sites for hydroxylation is 2. The molecule has 0 fully saturated rings. The van der Waals surface area contributed by atoms with Gasteiger partial charge < -0.3 is 15.1 Å². The topological polar surface area (TPSA) is 80.3 Å². The zero-order valence-corrected chi connectivity index (χ0v) is 14.0. The van der Waals surface area contributed by atoms with Gasteiger partial charge in [-0.2, -0.15) is 5.10 Å². The molecule has 0 radical (unpaired) electrons. The minimum absolute atomic E-state index is 0.125. The molecule has 1 unspecified atom stereocenters. The van der Waals surface area contributed by atoms with Gasteiger partial charge in [0.15, 0.2) is 5.96 Å². The van der Waals surface area contributed by atoms with Gasteiger partial charge >= 0.3 is 0 Å². The van der Waals surface area contributed by atoms with Gasteiger partial charge in [0.05, 0.1) is 12.3 Å². The van der Waals surface area contributed by atoms with Crippen LogP contribution in [0.4, 0.5) is 0 Å². The number of fused-ring (bicyclic) bond motifs is 1. The fourth-order valence-corrected chi connectivity index (χ4v) is 2.82. The molecule has 0 saturated heterocycles. The molecule has 0 aliphatic carbocycles. The van der Waals surface area contributed by atoms with E-state index in [0.29, 0.717) is 13.1 Å². The van der Waals surface area contributed by atoms with Crippen LogP contribution >= 0.6 is 0 Å². The number of nitrogens with zero attached hydrogens (tertiary/aromatic N) is 4. The summed E-state index contributed by atoms with van der Waals surface area (Å²) in [4.78, 5) is 9.20. The van der Waals surface area contributed by atoms with Crippen LogP contribution in [0.3, 0.4) is 0 Å². The first-order valence-electron chi connectivity index (χ1n) is 8.35. The van der Waals surface area contributed by atoms with Gasteiger partial charge in [-0.1, -0.05) is 6.08 Å². The van der Waals surface area contributed by atoms with Crippen molar-refractivity contribution < 1.29 is 4.42 Å². The van der Waals surface area contributed by atoms with Gasteiger partial charge in [-0.05, 0) is 31.9 Å². The van der Waals surface area contributed by atoms with E-state index in [-0.39, 0.29) is 6.04 Å². The molecule has 2 aromatic heterocycles. The molecule has 1 aliphatic heterocycles. The monoisotopic (exact) mass is 328 g/mol. The highest BCUT2D eigenvalue weighted by Gasteiger charge is 2.24. The molecular formula is C17H24N6O. The molecule has 0 bridgehead atoms. The number of guanidine groups is 1. The Balaban J connectivity index is 1.66. The molecule has 2 aromatic rings. The number of hydrogen-bond donors (Lipinski definition) is 2. The zero-order valence-electron chi connectivity index (χ0n) is 14.0. The lowest BCUT2D eigenvalue weighted by molar-refractivity contribution is 0.398. The average Bonchev–Trinajstić information content (AvgIpc) is 3.21. The van der Waals surface area contributed by atoms with Crippen molar-refractivity contribution in [1.82, 2.24) is 25.4 Å². The molecular weight excluding hydrogens is 304 g/mol. The molecule has 3 rings (SSSR count). The maximum atomic E-state index is 5.35. The van der Waals surface area contributed by atoms with E-state index in [9.17, 15) is 0 Å². The van der Waals surface area contributed by atoms with Gasteiger partial charge in [0, 0.05) is 26.1 Å². The third kappa shape index (κ3) is 4.04. The maximum Gasteiger partial charge on any atom is 0.192 e. The summed E-state index contributed by atoms with van der Waals surface area (Å²) in [6.07, 6.45) is 6.37. The summed E-state index contributed by atoms with van der Waals surface area (Å²) in [5.74, 6) is 3.50. The van der Waals surface area contributed by atoms with Crippen molar-refractivity contribution in [3.05, 3.63) is 48.5 Å². The molecule has 2 N–H and O–H groups in total. The third-order valence-corrected chi connectivity index (χ3v) is 3.91. The van der Waals surface area contributed by atoms with Crippen LogP contribution in [-0.2, 0) is 13.0 Å². The molecule has 3 heterocycles. The molecule has 0 spiro atoms. The second-order valence-electron chi connectivity index (χ2n) is 5.81. The summed E-state index contributed by atoms with van der Waals surface area (Å²) < 4.78 is 7.34. The van der Waals surface area contributed by atoms with Gasteiger partial charge in [-0.25, -0.2) is 9.67 Å². The summed E-state index contributed by atoms with van der Waals surface area (Å²) in [7, 11) is 0. The van der Waals surface area contributed by atoms with E-state index in [1.54, 1.807) is 6.26 Å². The first-order chi connectivity index (χ1) is 11.8. The lowest BCUT2D eigenvalue weighted by Crippen LogP contribution is -2.41. The SMILES string of the molecule is C=CCNC(=NCCc1ccco1)NC1CCCn2nc(C)nc21. The van der Waals surface area contributed by atoms with Crippen molar-refractivity contribution in [2.75, 3.05) is 13.1 Å². The molecule has 1 atom stereocenters. The molecule has 7 heteroatoms. The second kappa shape index (κ2) is 7.81. The van der Waals surface area contributed by atoms with Gasteiger partial charge in [0.2, 0.25) is 0 Å². The summed E-state index contributed by atoms with van der Waals surface area (Å²) in [5.41, 5.74) is 0. The minimum atomic E-state index is 0.125. The molecule has 128 valence electrons. The van der Waals surface area contributed by atoms with E-state index in [1.807, 2.05) is 29.8 Å². The molecule has 0 saturated carbocycles. The molecule has 0 amide bonds. The Kier molecular flexibility index (Phi) is 5.30. The number of aliphatic imine (C=N–C) groups is 1. The van der Waals surface area contributed by atoms with Gasteiger partial charge in [-0.15, -0.1) is 6.58 Å². The normalized spacial score (nSPS) is 17.4. The number of rotatable bonds is 6. The van der Waals surface area contributed by atoms with E-state index in [1.165, 1.54) is 0 Å². The molecule has 0 aromatic carbocycles. The van der Waals surface area contributed by atoms with Crippen LogP contribution in [0.2, 0.25) is 0 Å². The molecule has 24 heavy (non-hydrogen) atoms. The first-order valence-corrected chi connectivity index (χ1v) is 8.35. The van der Waals surface area contributed by atoms with Crippen molar-refractivity contribution >= 4 is 5.96 Å². The molecule has 1 aliphatic rings. The Labute approximate surface area is 141 Å². The Morgan fingerprint density at radius 1 is 1.58 bits per heavy atom. The summed E-state index contributed by atoms with van der Waals surface area (Å²) in [5, 5.41) is 11.2. The highest BCUT2D eigenvalue weighted by Crippen LogP contribution is 2.22. The Bertz CT molecular complexity index is 688. The van der Waals surface area contributed by atoms with Gasteiger partial charge in [0.1, 0.15) is 17.4 Å². The number of nitrogens with one attached hydrogen (secondary N) is 2. The Morgan fingerprint density at radius 3 is 3.29 bits per heavy atom. The summed E-state index contributed by atoms with van der Waals surface area (Å²) in [6.45, 7) is 7.92. The number of hydrogen-bond acceptors (Lipinski definition) is 4. The van der Waals surface area contributed by atoms with Crippen molar-refractivity contribution in [2.45, 2.75) is 38.8 Å². The Hall–Kier alpha value is -2.57. The predicted octanol–water partition coefficient (Wildman–Crippen LogP) is 1.98. The second-order valence-corrected chi connectivity index (χ2v) is 5.81. The van der Waals surface area contributed by atoms with E-state index in [0.717, 1.165) is 49.2 Å². The van der Waals surface area contributed by atoms with Crippen LogP contribution in [0.25, 0.3) is 0 Å². The van der Waals surface area contributed by atoms with Crippen molar-refractivity contribution in [3.8, 4) is 0 Å². The predicted molar refractivity (Wildman–Crippen MR) is 92.8 cm³/mol. The highest BCUT2D eigenvalue weighted by atomic mass is 16.3. The van der Waals surface area contributed by atoms with E-state index < -0.39 is 0 Å². The van der Waals surface area contributed by atoms with Crippen molar-refractivity contribution in [2.24, 2.45) is 4.99 Å². The van der Waals surface area contributed by atoms with Crippen molar-refractivity contribution in [1.29, 1.82) is 0 Å². The van der Waals surface area contributed by atoms with Crippen molar-refractivity contribution in [3.63, 3.8) is 0 Å². The van der Waals surface area contributed by atoms with Gasteiger partial charge in [0.25, 0.3) is 0 Å². The molecule has 7 nitrogen and oxygen atoms in total. The van der Waals surface area contributed by atoms with Crippen LogP contribution in [0, 0.1) is 6.92 Å². The van der Waals surface area contributed by atoms with Crippen LogP contribution in [0.1, 0.15) is 36.3 Å². The average molecular weight is 328 g/mol. The smallest absolute Gasteiger partial charge is 0.192 e. The number of aromatic nitrogens is 3. The van der Waals surface area contributed by atoms with E-state index in [2.05, 4.69) is 32.3 Å². The first kappa shape index (κ1) is 16.3. The summed E-state index contributed by atoms with van der Waals surface area (Å²) >= 11 is 0. The van der Waals surface area contributed by atoms with Crippen LogP contribution < -0.4 is 10.6 Å². The zero-order chi connectivity index (χ0) is 16.8. The fourth-order valence-electron chi connectivity index (χ4n) is 2.82. The quantitative estimate of drug-likeness (QED) is 0.481. The highest BCUT2D eigenvalue weighted by molar-refractivity contribution is 5.80. The van der Waals surface area contributed by atoms with E-state index in [4.69, 9.17) is 4.42 Å². The maximum absolute atomic E-state index is 5.35. The van der Waals surface area contributed by atoms with Crippen LogP contribution in [-0.4, -0.2) is 33.8 Å². The third-order valence-electron chi connectivity index (χ3n) is 3.91. The van der Waals surface area contributed by atoms with Crippen LogP contribution in [0.15, 0.2) is 40.5 Å².